The SMILES string of the molecule is CCC1(CC)CSC2(CCCCO2)SC1. The fraction of sp³-hybridized carbons (Fsp3) is 1.00. The van der Waals surface area contributed by atoms with E-state index in [1.807, 2.05) is 0 Å². The second-order valence-electron chi connectivity index (χ2n) is 4.77. The highest BCUT2D eigenvalue weighted by Gasteiger charge is 2.43. The largest absolute Gasteiger partial charge is 0.355 e. The number of ether oxygens (including phenoxy) is 1. The quantitative estimate of drug-likeness (QED) is 0.725. The number of thioether (sulfide) groups is 2. The summed E-state index contributed by atoms with van der Waals surface area (Å²) in [6.45, 7) is 5.65. The fourth-order valence-electron chi connectivity index (χ4n) is 2.24. The molecule has 0 unspecified atom stereocenters. The molecule has 0 bridgehead atoms. The maximum absolute atomic E-state index is 6.01. The van der Waals surface area contributed by atoms with Crippen LogP contribution in [0.3, 0.4) is 0 Å². The summed E-state index contributed by atoms with van der Waals surface area (Å²) in [6, 6.07) is 0. The Kier molecular flexibility index (Phi) is 3.95. The lowest BCUT2D eigenvalue weighted by Crippen LogP contribution is -2.40. The van der Waals surface area contributed by atoms with Gasteiger partial charge in [-0.3, -0.25) is 0 Å². The van der Waals surface area contributed by atoms with Crippen molar-refractivity contribution >= 4 is 23.5 Å². The second-order valence-corrected chi connectivity index (χ2v) is 7.51. The molecule has 1 nitrogen and oxygen atoms in total. The van der Waals surface area contributed by atoms with Crippen LogP contribution in [-0.4, -0.2) is 22.4 Å². The Morgan fingerprint density at radius 2 is 1.73 bits per heavy atom. The van der Waals surface area contributed by atoms with E-state index in [1.54, 1.807) is 0 Å². The second kappa shape index (κ2) is 4.89. The van der Waals surface area contributed by atoms with Crippen molar-refractivity contribution in [2.75, 3.05) is 18.1 Å². The molecule has 2 aliphatic heterocycles. The minimum Gasteiger partial charge on any atom is -0.355 e. The summed E-state index contributed by atoms with van der Waals surface area (Å²) in [7, 11) is 0. The standard InChI is InChI=1S/C12H22OS2/c1-3-11(4-2)9-14-12(15-10-11)7-5-6-8-13-12/h3-10H2,1-2H3. The molecular formula is C12H22OS2. The molecule has 2 aliphatic rings. The van der Waals surface area contributed by atoms with Crippen molar-refractivity contribution in [3.63, 3.8) is 0 Å². The van der Waals surface area contributed by atoms with Crippen LogP contribution in [0.15, 0.2) is 0 Å². The van der Waals surface area contributed by atoms with Gasteiger partial charge >= 0.3 is 0 Å². The third-order valence-electron chi connectivity index (χ3n) is 3.90. The topological polar surface area (TPSA) is 9.23 Å². The van der Waals surface area contributed by atoms with Crippen molar-refractivity contribution in [2.24, 2.45) is 5.41 Å². The molecule has 0 radical (unpaired) electrons. The molecule has 0 atom stereocenters. The van der Waals surface area contributed by atoms with E-state index in [9.17, 15) is 0 Å². The van der Waals surface area contributed by atoms with Gasteiger partial charge in [-0.15, -0.1) is 23.5 Å². The first-order valence-corrected chi connectivity index (χ1v) is 8.13. The normalized spacial score (nSPS) is 29.2. The molecule has 0 N–H and O–H groups in total. The molecule has 2 fully saturated rings. The van der Waals surface area contributed by atoms with Crippen LogP contribution in [0.25, 0.3) is 0 Å². The van der Waals surface area contributed by atoms with Gasteiger partial charge in [-0.05, 0) is 37.5 Å². The Bertz CT molecular complexity index is 196. The van der Waals surface area contributed by atoms with E-state index >= 15 is 0 Å². The van der Waals surface area contributed by atoms with Crippen LogP contribution in [-0.2, 0) is 4.74 Å². The maximum Gasteiger partial charge on any atom is 0.160 e. The molecule has 88 valence electrons. The number of rotatable bonds is 2. The van der Waals surface area contributed by atoms with E-state index in [-0.39, 0.29) is 4.27 Å². The average molecular weight is 246 g/mol. The van der Waals surface area contributed by atoms with Gasteiger partial charge in [0.25, 0.3) is 0 Å². The van der Waals surface area contributed by atoms with Gasteiger partial charge in [-0.1, -0.05) is 13.8 Å². The van der Waals surface area contributed by atoms with Crippen molar-refractivity contribution in [3.05, 3.63) is 0 Å². The summed E-state index contributed by atoms with van der Waals surface area (Å²) < 4.78 is 6.16. The first-order valence-electron chi connectivity index (χ1n) is 6.16. The van der Waals surface area contributed by atoms with E-state index in [2.05, 4.69) is 37.4 Å². The lowest BCUT2D eigenvalue weighted by Gasteiger charge is -2.46. The van der Waals surface area contributed by atoms with E-state index < -0.39 is 0 Å². The number of hydrogen-bond acceptors (Lipinski definition) is 3. The van der Waals surface area contributed by atoms with E-state index in [0.29, 0.717) is 5.41 Å². The van der Waals surface area contributed by atoms with Crippen LogP contribution in [0.2, 0.25) is 0 Å². The molecule has 2 heterocycles. The van der Waals surface area contributed by atoms with Gasteiger partial charge < -0.3 is 4.74 Å². The van der Waals surface area contributed by atoms with Crippen molar-refractivity contribution in [3.8, 4) is 0 Å². The molecule has 15 heavy (non-hydrogen) atoms. The third kappa shape index (κ3) is 2.50. The average Bonchev–Trinajstić information content (AvgIpc) is 2.32. The molecular weight excluding hydrogens is 224 g/mol. The van der Waals surface area contributed by atoms with Crippen LogP contribution >= 0.6 is 23.5 Å². The van der Waals surface area contributed by atoms with Gasteiger partial charge in [-0.25, -0.2) is 0 Å². The van der Waals surface area contributed by atoms with Crippen LogP contribution < -0.4 is 0 Å². The predicted octanol–water partition coefficient (Wildman–Crippen LogP) is 4.13. The Morgan fingerprint density at radius 1 is 1.07 bits per heavy atom. The minimum absolute atomic E-state index is 0.145. The molecule has 0 aliphatic carbocycles. The molecule has 3 heteroatoms. The monoisotopic (exact) mass is 246 g/mol. The van der Waals surface area contributed by atoms with Gasteiger partial charge in [0.15, 0.2) is 4.27 Å². The molecule has 0 aromatic rings. The molecule has 0 amide bonds. The van der Waals surface area contributed by atoms with Gasteiger partial charge in [0.1, 0.15) is 0 Å². The van der Waals surface area contributed by atoms with E-state index in [4.69, 9.17) is 4.74 Å². The zero-order valence-corrected chi connectivity index (χ0v) is 11.5. The van der Waals surface area contributed by atoms with Gasteiger partial charge in [0.2, 0.25) is 0 Å². The van der Waals surface area contributed by atoms with Gasteiger partial charge in [0, 0.05) is 18.1 Å². The van der Waals surface area contributed by atoms with Crippen LogP contribution in [0.1, 0.15) is 46.0 Å². The van der Waals surface area contributed by atoms with E-state index in [0.717, 1.165) is 6.61 Å². The highest BCUT2D eigenvalue weighted by molar-refractivity contribution is 8.18. The van der Waals surface area contributed by atoms with Crippen molar-refractivity contribution in [1.82, 2.24) is 0 Å². The third-order valence-corrected chi connectivity index (χ3v) is 7.64. The Hall–Kier alpha value is 0.660. The molecule has 2 saturated heterocycles. The molecule has 2 rings (SSSR count). The first kappa shape index (κ1) is 12.1. The molecule has 0 aromatic carbocycles. The van der Waals surface area contributed by atoms with Crippen molar-refractivity contribution < 1.29 is 4.74 Å². The Labute approximate surface area is 102 Å². The van der Waals surface area contributed by atoms with Crippen molar-refractivity contribution in [1.29, 1.82) is 0 Å². The lowest BCUT2D eigenvalue weighted by molar-refractivity contribution is 0.0477. The van der Waals surface area contributed by atoms with Crippen LogP contribution in [0.4, 0.5) is 0 Å². The summed E-state index contributed by atoms with van der Waals surface area (Å²) in [4.78, 5) is 0. The minimum atomic E-state index is 0.145. The summed E-state index contributed by atoms with van der Waals surface area (Å²) in [6.07, 6.45) is 6.51. The maximum atomic E-state index is 6.01. The van der Waals surface area contributed by atoms with E-state index in [1.165, 1.54) is 43.6 Å². The molecule has 0 saturated carbocycles. The van der Waals surface area contributed by atoms with Gasteiger partial charge in [0.05, 0.1) is 0 Å². The zero-order valence-electron chi connectivity index (χ0n) is 9.88. The Morgan fingerprint density at radius 3 is 2.20 bits per heavy atom. The summed E-state index contributed by atoms with van der Waals surface area (Å²) in [5, 5.41) is 0. The smallest absolute Gasteiger partial charge is 0.160 e. The Balaban J connectivity index is 1.95. The summed E-state index contributed by atoms with van der Waals surface area (Å²) in [5.41, 5.74) is 0.585. The summed E-state index contributed by atoms with van der Waals surface area (Å²) in [5.74, 6) is 2.60. The number of hydrogen-bond donors (Lipinski definition) is 0. The van der Waals surface area contributed by atoms with Gasteiger partial charge in [-0.2, -0.15) is 0 Å². The highest BCUT2D eigenvalue weighted by atomic mass is 32.2. The van der Waals surface area contributed by atoms with Crippen LogP contribution in [0.5, 0.6) is 0 Å². The summed E-state index contributed by atoms with van der Waals surface area (Å²) >= 11 is 4.17. The lowest BCUT2D eigenvalue weighted by atomic mass is 9.87. The fourth-order valence-corrected chi connectivity index (χ4v) is 6.04. The molecule has 1 spiro atoms. The predicted molar refractivity (Wildman–Crippen MR) is 70.5 cm³/mol. The highest BCUT2D eigenvalue weighted by Crippen LogP contribution is 2.54. The van der Waals surface area contributed by atoms with Crippen LogP contribution in [0, 0.1) is 5.41 Å². The van der Waals surface area contributed by atoms with Crippen molar-refractivity contribution in [2.45, 2.75) is 50.2 Å². The zero-order chi connectivity index (χ0) is 10.8. The first-order chi connectivity index (χ1) is 7.24. The molecule has 0 aromatic heterocycles.